The Morgan fingerprint density at radius 3 is 2.55 bits per heavy atom. The second-order valence-electron chi connectivity index (χ2n) is 8.23. The summed E-state index contributed by atoms with van der Waals surface area (Å²) in [6.07, 6.45) is 3.10. The Labute approximate surface area is 251 Å². The number of carbonyl (C=O) groups excluding carboxylic acids is 2. The van der Waals surface area contributed by atoms with Crippen molar-refractivity contribution >= 4 is 57.9 Å². The van der Waals surface area contributed by atoms with Gasteiger partial charge in [-0.1, -0.05) is 30.3 Å². The Bertz CT molecular complexity index is 1410. The monoisotopic (exact) mass is 677 g/mol. The fourth-order valence-electron chi connectivity index (χ4n) is 3.38. The topological polar surface area (TPSA) is 107 Å². The summed E-state index contributed by atoms with van der Waals surface area (Å²) in [5, 5.41) is 7.37. The first kappa shape index (κ1) is 30.8. The Morgan fingerprint density at radius 1 is 1.05 bits per heavy atom. The van der Waals surface area contributed by atoms with Gasteiger partial charge < -0.3 is 24.3 Å². The van der Waals surface area contributed by atoms with Crippen LogP contribution in [0.2, 0.25) is 5.02 Å². The van der Waals surface area contributed by atoms with Crippen LogP contribution in [-0.4, -0.2) is 45.0 Å². The van der Waals surface area contributed by atoms with Crippen LogP contribution in [0.25, 0.3) is 0 Å². The second kappa shape index (κ2) is 15.1. The zero-order chi connectivity index (χ0) is 29.1. The van der Waals surface area contributed by atoms with Gasteiger partial charge in [0.2, 0.25) is 0 Å². The number of nitrogens with zero attached hydrogens (tertiary/aromatic N) is 1. The molecular formula is C29H29ClIN3O6. The maximum absolute atomic E-state index is 12.6. The van der Waals surface area contributed by atoms with Crippen molar-refractivity contribution in [3.05, 3.63) is 86.5 Å². The quantitative estimate of drug-likeness (QED) is 0.0994. The van der Waals surface area contributed by atoms with E-state index in [-0.39, 0.29) is 12.5 Å². The molecule has 0 fully saturated rings. The largest absolute Gasteiger partial charge is 0.493 e. The number of ether oxygens (including phenoxy) is 4. The van der Waals surface area contributed by atoms with Gasteiger partial charge in [-0.25, -0.2) is 5.43 Å². The SMILES string of the molecule is C=CCOc1ccc(C(=O)N/N=C/c2cc(I)c(OCC(=O)Nc3ccc(C)c(Cl)c3)c(OC)c2)cc1OCC. The fraction of sp³-hybridized carbons (Fsp3) is 0.207. The maximum atomic E-state index is 12.6. The second-order valence-corrected chi connectivity index (χ2v) is 9.80. The van der Waals surface area contributed by atoms with Crippen molar-refractivity contribution < 1.29 is 28.5 Å². The highest BCUT2D eigenvalue weighted by Gasteiger charge is 2.15. The predicted molar refractivity (Wildman–Crippen MR) is 164 cm³/mol. The minimum absolute atomic E-state index is 0.234. The fourth-order valence-corrected chi connectivity index (χ4v) is 4.34. The number of hydrogen-bond donors (Lipinski definition) is 2. The van der Waals surface area contributed by atoms with Gasteiger partial charge in [0.1, 0.15) is 6.61 Å². The number of hydrogen-bond acceptors (Lipinski definition) is 7. The minimum Gasteiger partial charge on any atom is -0.493 e. The summed E-state index contributed by atoms with van der Waals surface area (Å²) < 4.78 is 23.0. The molecule has 0 spiro atoms. The summed E-state index contributed by atoms with van der Waals surface area (Å²) in [6, 6.07) is 13.6. The van der Waals surface area contributed by atoms with E-state index in [1.165, 1.54) is 13.3 Å². The number of anilines is 1. The van der Waals surface area contributed by atoms with E-state index in [1.807, 2.05) is 19.9 Å². The highest BCUT2D eigenvalue weighted by atomic mass is 127. The summed E-state index contributed by atoms with van der Waals surface area (Å²) in [7, 11) is 1.49. The third-order valence-electron chi connectivity index (χ3n) is 5.30. The smallest absolute Gasteiger partial charge is 0.271 e. The third-order valence-corrected chi connectivity index (χ3v) is 6.51. The highest BCUT2D eigenvalue weighted by Crippen LogP contribution is 2.34. The molecule has 210 valence electrons. The minimum atomic E-state index is -0.421. The van der Waals surface area contributed by atoms with Gasteiger partial charge in [0.05, 0.1) is 23.5 Å². The molecule has 0 heterocycles. The lowest BCUT2D eigenvalue weighted by molar-refractivity contribution is -0.118. The zero-order valence-corrected chi connectivity index (χ0v) is 25.2. The van der Waals surface area contributed by atoms with Gasteiger partial charge in [-0.15, -0.1) is 0 Å². The van der Waals surface area contributed by atoms with Crippen molar-refractivity contribution in [2.75, 3.05) is 32.2 Å². The van der Waals surface area contributed by atoms with Crippen LogP contribution in [-0.2, 0) is 4.79 Å². The first-order valence-corrected chi connectivity index (χ1v) is 13.6. The number of methoxy groups -OCH3 is 1. The van der Waals surface area contributed by atoms with Gasteiger partial charge in [0, 0.05) is 16.3 Å². The van der Waals surface area contributed by atoms with Crippen molar-refractivity contribution in [3.63, 3.8) is 0 Å². The van der Waals surface area contributed by atoms with E-state index in [2.05, 4.69) is 45.0 Å². The van der Waals surface area contributed by atoms with Crippen molar-refractivity contribution in [1.82, 2.24) is 5.43 Å². The molecule has 9 nitrogen and oxygen atoms in total. The van der Waals surface area contributed by atoms with E-state index >= 15 is 0 Å². The van der Waals surface area contributed by atoms with Crippen LogP contribution in [0.1, 0.15) is 28.4 Å². The summed E-state index contributed by atoms with van der Waals surface area (Å²) in [5.41, 5.74) is 5.00. The number of carbonyl (C=O) groups is 2. The molecule has 3 aromatic rings. The molecule has 0 bridgehead atoms. The average Bonchev–Trinajstić information content (AvgIpc) is 2.93. The highest BCUT2D eigenvalue weighted by molar-refractivity contribution is 14.1. The van der Waals surface area contributed by atoms with Crippen LogP contribution < -0.4 is 29.7 Å². The molecule has 0 saturated heterocycles. The van der Waals surface area contributed by atoms with Gasteiger partial charge in [-0.05, 0) is 90.0 Å². The summed E-state index contributed by atoms with van der Waals surface area (Å²) in [6.45, 7) is 7.86. The van der Waals surface area contributed by atoms with Crippen molar-refractivity contribution in [1.29, 1.82) is 0 Å². The van der Waals surface area contributed by atoms with E-state index < -0.39 is 5.91 Å². The Balaban J connectivity index is 1.64. The predicted octanol–water partition coefficient (Wildman–Crippen LogP) is 6.01. The lowest BCUT2D eigenvalue weighted by Gasteiger charge is -2.14. The first-order valence-electron chi connectivity index (χ1n) is 12.2. The lowest BCUT2D eigenvalue weighted by atomic mass is 10.2. The Kier molecular flexibility index (Phi) is 11.6. The molecule has 0 aliphatic rings. The molecular weight excluding hydrogens is 649 g/mol. The van der Waals surface area contributed by atoms with E-state index in [4.69, 9.17) is 30.5 Å². The van der Waals surface area contributed by atoms with Crippen LogP contribution in [0.3, 0.4) is 0 Å². The van der Waals surface area contributed by atoms with Gasteiger partial charge >= 0.3 is 0 Å². The van der Waals surface area contributed by atoms with Crippen LogP contribution in [0.15, 0.2) is 66.3 Å². The number of amides is 2. The summed E-state index contributed by atoms with van der Waals surface area (Å²) in [4.78, 5) is 25.0. The maximum Gasteiger partial charge on any atom is 0.271 e. The molecule has 11 heteroatoms. The molecule has 0 aliphatic heterocycles. The van der Waals surface area contributed by atoms with E-state index in [0.717, 1.165) is 5.56 Å². The van der Waals surface area contributed by atoms with E-state index in [1.54, 1.807) is 48.5 Å². The number of benzene rings is 3. The van der Waals surface area contributed by atoms with Crippen molar-refractivity contribution in [2.24, 2.45) is 5.10 Å². The molecule has 2 N–H and O–H groups in total. The van der Waals surface area contributed by atoms with E-state index in [0.29, 0.717) is 61.6 Å². The molecule has 3 rings (SSSR count). The zero-order valence-electron chi connectivity index (χ0n) is 22.3. The van der Waals surface area contributed by atoms with Crippen molar-refractivity contribution in [2.45, 2.75) is 13.8 Å². The number of aryl methyl sites for hydroxylation is 1. The normalized spacial score (nSPS) is 10.6. The van der Waals surface area contributed by atoms with Crippen LogP contribution in [0, 0.1) is 10.5 Å². The number of rotatable bonds is 13. The molecule has 0 atom stereocenters. The molecule has 0 saturated carbocycles. The van der Waals surface area contributed by atoms with Gasteiger partial charge in [-0.3, -0.25) is 9.59 Å². The number of halogens is 2. The standard InChI is InChI=1S/C29H29ClIN3O6/c1-5-11-39-24-10-8-20(14-25(24)38-6-2)29(36)34-32-16-19-12-23(31)28(26(13-19)37-4)40-17-27(35)33-21-9-7-18(3)22(30)15-21/h5,7-10,12-16H,1,6,11,17H2,2-4H3,(H,33,35)(H,34,36)/b32-16+. The lowest BCUT2D eigenvalue weighted by Crippen LogP contribution is -2.20. The Hall–Kier alpha value is -3.77. The van der Waals surface area contributed by atoms with E-state index in [9.17, 15) is 9.59 Å². The van der Waals surface area contributed by atoms with Crippen molar-refractivity contribution in [3.8, 4) is 23.0 Å². The van der Waals surface area contributed by atoms with Gasteiger partial charge in [0.15, 0.2) is 29.6 Å². The average molecular weight is 678 g/mol. The van der Waals surface area contributed by atoms with Gasteiger partial charge in [0.25, 0.3) is 11.8 Å². The van der Waals surface area contributed by atoms with Gasteiger partial charge in [-0.2, -0.15) is 5.10 Å². The molecule has 0 unspecified atom stereocenters. The molecule has 2 amide bonds. The van der Waals surface area contributed by atoms with Crippen LogP contribution in [0.4, 0.5) is 5.69 Å². The Morgan fingerprint density at radius 2 is 1.85 bits per heavy atom. The summed E-state index contributed by atoms with van der Waals surface area (Å²) >= 11 is 8.20. The first-order chi connectivity index (χ1) is 19.2. The summed E-state index contributed by atoms with van der Waals surface area (Å²) in [5.74, 6) is 1.01. The molecule has 0 aliphatic carbocycles. The number of hydrazone groups is 1. The molecule has 40 heavy (non-hydrogen) atoms. The molecule has 3 aromatic carbocycles. The van der Waals surface area contributed by atoms with Crippen LogP contribution in [0.5, 0.6) is 23.0 Å². The molecule has 0 radical (unpaired) electrons. The molecule has 0 aromatic heterocycles. The number of nitrogens with one attached hydrogen (secondary N) is 2. The van der Waals surface area contributed by atoms with Crippen LogP contribution >= 0.6 is 34.2 Å². The third kappa shape index (κ3) is 8.62.